The summed E-state index contributed by atoms with van der Waals surface area (Å²) < 4.78 is 0. The highest BCUT2D eigenvalue weighted by atomic mass is 35.5. The van der Waals surface area contributed by atoms with Crippen LogP contribution in [0.5, 0.6) is 0 Å². The van der Waals surface area contributed by atoms with Gasteiger partial charge in [-0.25, -0.2) is 0 Å². The van der Waals surface area contributed by atoms with E-state index in [1.165, 1.54) is 12.1 Å². The minimum Gasteiger partial charge on any atom is -0.326 e. The summed E-state index contributed by atoms with van der Waals surface area (Å²) in [6, 6.07) is 2.97. The molecular formula is C8H9ClN2O2. The molecule has 0 amide bonds. The maximum Gasteiger partial charge on any atom is 0.274 e. The Hall–Kier alpha value is -1.13. The predicted octanol–water partition coefficient (Wildman–Crippen LogP) is 2.02. The van der Waals surface area contributed by atoms with Crippen molar-refractivity contribution in [2.75, 3.05) is 0 Å². The van der Waals surface area contributed by atoms with E-state index in [1.54, 1.807) is 6.92 Å². The molecule has 0 atom stereocenters. The van der Waals surface area contributed by atoms with E-state index in [2.05, 4.69) is 0 Å². The first-order valence-electron chi connectivity index (χ1n) is 3.69. The fraction of sp³-hybridized carbons (Fsp3) is 0.250. The molecule has 0 saturated carbocycles. The van der Waals surface area contributed by atoms with Gasteiger partial charge in [-0.2, -0.15) is 0 Å². The van der Waals surface area contributed by atoms with Gasteiger partial charge in [0.15, 0.2) is 0 Å². The number of benzene rings is 1. The van der Waals surface area contributed by atoms with Crippen LogP contribution >= 0.6 is 11.6 Å². The van der Waals surface area contributed by atoms with Crippen molar-refractivity contribution < 1.29 is 4.92 Å². The van der Waals surface area contributed by atoms with Crippen LogP contribution in [0.15, 0.2) is 12.1 Å². The van der Waals surface area contributed by atoms with E-state index in [4.69, 9.17) is 17.3 Å². The Bertz CT molecular complexity index is 352. The lowest BCUT2D eigenvalue weighted by atomic mass is 10.1. The molecule has 0 unspecified atom stereocenters. The van der Waals surface area contributed by atoms with Gasteiger partial charge in [0.1, 0.15) is 0 Å². The quantitative estimate of drug-likeness (QED) is 0.587. The minimum atomic E-state index is -0.453. The Morgan fingerprint density at radius 1 is 1.62 bits per heavy atom. The highest BCUT2D eigenvalue weighted by Crippen LogP contribution is 2.25. The standard InChI is InChI=1S/C8H9ClN2O2/c1-5-2-8(11(12)13)6(4-10)3-7(5)9/h2-3H,4,10H2,1H3. The molecule has 2 N–H and O–H groups in total. The number of aryl methyl sites for hydroxylation is 1. The Morgan fingerprint density at radius 2 is 2.23 bits per heavy atom. The number of hydrogen-bond acceptors (Lipinski definition) is 3. The first-order valence-corrected chi connectivity index (χ1v) is 4.07. The average molecular weight is 201 g/mol. The smallest absolute Gasteiger partial charge is 0.274 e. The van der Waals surface area contributed by atoms with Crippen molar-refractivity contribution in [3.05, 3.63) is 38.4 Å². The summed E-state index contributed by atoms with van der Waals surface area (Å²) in [4.78, 5) is 10.1. The number of hydrogen-bond donors (Lipinski definition) is 1. The van der Waals surface area contributed by atoms with Gasteiger partial charge in [-0.3, -0.25) is 10.1 Å². The number of rotatable bonds is 2. The molecule has 0 fully saturated rings. The summed E-state index contributed by atoms with van der Waals surface area (Å²) in [6.45, 7) is 1.84. The highest BCUT2D eigenvalue weighted by molar-refractivity contribution is 6.31. The first-order chi connectivity index (χ1) is 6.06. The number of nitrogens with zero attached hydrogens (tertiary/aromatic N) is 1. The fourth-order valence-corrected chi connectivity index (χ4v) is 1.23. The summed E-state index contributed by atoms with van der Waals surface area (Å²) in [6.07, 6.45) is 0. The molecule has 5 heteroatoms. The summed E-state index contributed by atoms with van der Waals surface area (Å²) in [5.41, 5.74) is 6.52. The van der Waals surface area contributed by atoms with Crippen molar-refractivity contribution >= 4 is 17.3 Å². The minimum absolute atomic E-state index is 0.0319. The monoisotopic (exact) mass is 200 g/mol. The van der Waals surface area contributed by atoms with Crippen LogP contribution in [0.3, 0.4) is 0 Å². The largest absolute Gasteiger partial charge is 0.326 e. The molecule has 1 aromatic carbocycles. The van der Waals surface area contributed by atoms with Crippen LogP contribution in [0.25, 0.3) is 0 Å². The van der Waals surface area contributed by atoms with E-state index in [-0.39, 0.29) is 12.2 Å². The van der Waals surface area contributed by atoms with Crippen molar-refractivity contribution in [3.8, 4) is 0 Å². The van der Waals surface area contributed by atoms with Crippen molar-refractivity contribution in [2.45, 2.75) is 13.5 Å². The van der Waals surface area contributed by atoms with E-state index in [0.717, 1.165) is 0 Å². The number of halogens is 1. The van der Waals surface area contributed by atoms with Gasteiger partial charge in [0.05, 0.1) is 4.92 Å². The number of nitrogens with two attached hydrogens (primary N) is 1. The molecule has 13 heavy (non-hydrogen) atoms. The molecule has 1 aromatic rings. The molecule has 0 aromatic heterocycles. The van der Waals surface area contributed by atoms with E-state index in [0.29, 0.717) is 16.1 Å². The van der Waals surface area contributed by atoms with Gasteiger partial charge >= 0.3 is 0 Å². The van der Waals surface area contributed by atoms with Crippen molar-refractivity contribution in [1.82, 2.24) is 0 Å². The molecular weight excluding hydrogens is 192 g/mol. The molecule has 0 heterocycles. The van der Waals surface area contributed by atoms with Crippen molar-refractivity contribution in [3.63, 3.8) is 0 Å². The second-order valence-corrected chi connectivity index (χ2v) is 3.10. The number of nitro groups is 1. The van der Waals surface area contributed by atoms with Crippen LogP contribution < -0.4 is 5.73 Å². The van der Waals surface area contributed by atoms with Gasteiger partial charge in [0.25, 0.3) is 5.69 Å². The molecule has 0 aliphatic rings. The van der Waals surface area contributed by atoms with E-state index in [1.807, 2.05) is 0 Å². The molecule has 0 saturated heterocycles. The zero-order valence-corrected chi connectivity index (χ0v) is 7.84. The predicted molar refractivity (Wildman–Crippen MR) is 50.7 cm³/mol. The Morgan fingerprint density at radius 3 is 2.69 bits per heavy atom. The van der Waals surface area contributed by atoms with E-state index in [9.17, 15) is 10.1 Å². The lowest BCUT2D eigenvalue weighted by molar-refractivity contribution is -0.385. The fourth-order valence-electron chi connectivity index (χ4n) is 1.04. The zero-order valence-electron chi connectivity index (χ0n) is 7.08. The van der Waals surface area contributed by atoms with Crippen molar-refractivity contribution in [2.24, 2.45) is 5.73 Å². The molecule has 1 rings (SSSR count). The van der Waals surface area contributed by atoms with Gasteiger partial charge in [-0.15, -0.1) is 0 Å². The topological polar surface area (TPSA) is 69.2 Å². The number of nitro benzene ring substituents is 1. The average Bonchev–Trinajstić information content (AvgIpc) is 2.08. The van der Waals surface area contributed by atoms with Crippen LogP contribution in [-0.2, 0) is 6.54 Å². The van der Waals surface area contributed by atoms with E-state index >= 15 is 0 Å². The molecule has 0 radical (unpaired) electrons. The van der Waals surface area contributed by atoms with Gasteiger partial charge in [0.2, 0.25) is 0 Å². The van der Waals surface area contributed by atoms with Gasteiger partial charge in [-0.1, -0.05) is 11.6 Å². The van der Waals surface area contributed by atoms with Crippen LogP contribution in [0.1, 0.15) is 11.1 Å². The Kier molecular flexibility index (Phi) is 2.85. The molecule has 0 bridgehead atoms. The van der Waals surface area contributed by atoms with Crippen LogP contribution in [0.4, 0.5) is 5.69 Å². The molecule has 0 aliphatic heterocycles. The second-order valence-electron chi connectivity index (χ2n) is 2.69. The molecule has 4 nitrogen and oxygen atoms in total. The third-order valence-electron chi connectivity index (χ3n) is 1.78. The summed E-state index contributed by atoms with van der Waals surface area (Å²) >= 11 is 5.79. The third-order valence-corrected chi connectivity index (χ3v) is 2.18. The normalized spacial score (nSPS) is 10.1. The Labute approximate surface area is 80.5 Å². The van der Waals surface area contributed by atoms with E-state index < -0.39 is 4.92 Å². The molecule has 70 valence electrons. The highest BCUT2D eigenvalue weighted by Gasteiger charge is 2.14. The van der Waals surface area contributed by atoms with Gasteiger partial charge < -0.3 is 5.73 Å². The molecule has 0 aliphatic carbocycles. The maximum atomic E-state index is 10.6. The molecule has 0 spiro atoms. The van der Waals surface area contributed by atoms with Gasteiger partial charge in [-0.05, 0) is 18.6 Å². The van der Waals surface area contributed by atoms with Gasteiger partial charge in [0, 0.05) is 23.2 Å². The SMILES string of the molecule is Cc1cc([N+](=O)[O-])c(CN)cc1Cl. The summed E-state index contributed by atoms with van der Waals surface area (Å²) in [5, 5.41) is 11.1. The zero-order chi connectivity index (χ0) is 10.0. The Balaban J connectivity index is 3.33. The summed E-state index contributed by atoms with van der Waals surface area (Å²) in [5.74, 6) is 0. The van der Waals surface area contributed by atoms with Crippen molar-refractivity contribution in [1.29, 1.82) is 0 Å². The van der Waals surface area contributed by atoms with Crippen LogP contribution in [0.2, 0.25) is 5.02 Å². The second kappa shape index (κ2) is 3.72. The maximum absolute atomic E-state index is 10.6. The van der Waals surface area contributed by atoms with Crippen LogP contribution in [0, 0.1) is 17.0 Å². The first kappa shape index (κ1) is 9.95. The lowest BCUT2D eigenvalue weighted by Gasteiger charge is -2.02. The lowest BCUT2D eigenvalue weighted by Crippen LogP contribution is -2.02. The third kappa shape index (κ3) is 1.96. The summed E-state index contributed by atoms with van der Waals surface area (Å²) in [7, 11) is 0. The van der Waals surface area contributed by atoms with Crippen LogP contribution in [-0.4, -0.2) is 4.92 Å².